The number of rotatable bonds is 5. The quantitative estimate of drug-likeness (QED) is 0.821. The number of hydrogen-bond acceptors (Lipinski definition) is 4. The van der Waals surface area contributed by atoms with Gasteiger partial charge in [-0.25, -0.2) is 0 Å². The molecule has 0 amide bonds. The van der Waals surface area contributed by atoms with Gasteiger partial charge in [0.05, 0.1) is 24.9 Å². The zero-order valence-electron chi connectivity index (χ0n) is 15.6. The van der Waals surface area contributed by atoms with Gasteiger partial charge in [-0.05, 0) is 48.6 Å². The third-order valence-corrected chi connectivity index (χ3v) is 5.83. The van der Waals surface area contributed by atoms with E-state index in [1.165, 1.54) is 16.7 Å². The molecule has 4 nitrogen and oxygen atoms in total. The topological polar surface area (TPSA) is 34.6 Å². The van der Waals surface area contributed by atoms with E-state index in [2.05, 4.69) is 41.1 Å². The standard InChI is InChI=1S/C22H28N2O2/c1-18-4-2-3-5-20(18)15-24-12-8-22(9-13-24)14-21(17-26-22)25-16-19-6-10-23-11-7-19/h2-7,10-11,21H,8-9,12-17H2,1H3. The number of nitrogens with zero attached hydrogens (tertiary/aromatic N) is 2. The summed E-state index contributed by atoms with van der Waals surface area (Å²) in [6.07, 6.45) is 7.08. The van der Waals surface area contributed by atoms with Crippen LogP contribution < -0.4 is 0 Å². The Balaban J connectivity index is 1.26. The maximum atomic E-state index is 6.24. The molecule has 0 saturated carbocycles. The highest BCUT2D eigenvalue weighted by Crippen LogP contribution is 2.37. The number of likely N-dealkylation sites (tertiary alicyclic amines) is 1. The molecular formula is C22H28N2O2. The van der Waals surface area contributed by atoms with Gasteiger partial charge >= 0.3 is 0 Å². The van der Waals surface area contributed by atoms with Crippen LogP contribution in [0.15, 0.2) is 48.8 Å². The molecule has 1 unspecified atom stereocenters. The summed E-state index contributed by atoms with van der Waals surface area (Å²) >= 11 is 0. The molecule has 1 aromatic carbocycles. The first-order valence-electron chi connectivity index (χ1n) is 9.64. The van der Waals surface area contributed by atoms with Crippen molar-refractivity contribution in [1.82, 2.24) is 9.88 Å². The molecule has 138 valence electrons. The molecule has 1 spiro atoms. The Morgan fingerprint density at radius 3 is 2.69 bits per heavy atom. The Morgan fingerprint density at radius 2 is 1.92 bits per heavy atom. The SMILES string of the molecule is Cc1ccccc1CN1CCC2(CC1)CC(OCc1ccncc1)CO2. The van der Waals surface area contributed by atoms with Gasteiger partial charge in [-0.15, -0.1) is 0 Å². The number of hydrogen-bond donors (Lipinski definition) is 0. The summed E-state index contributed by atoms with van der Waals surface area (Å²) in [5, 5.41) is 0. The predicted molar refractivity (Wildman–Crippen MR) is 102 cm³/mol. The van der Waals surface area contributed by atoms with Crippen molar-refractivity contribution >= 4 is 0 Å². The van der Waals surface area contributed by atoms with Crippen molar-refractivity contribution in [3.63, 3.8) is 0 Å². The van der Waals surface area contributed by atoms with Crippen LogP contribution in [0.2, 0.25) is 0 Å². The molecule has 2 aliphatic heterocycles. The van der Waals surface area contributed by atoms with Crippen molar-refractivity contribution in [1.29, 1.82) is 0 Å². The summed E-state index contributed by atoms with van der Waals surface area (Å²) in [7, 11) is 0. The van der Waals surface area contributed by atoms with E-state index in [1.807, 2.05) is 24.5 Å². The Hall–Kier alpha value is -1.75. The third-order valence-electron chi connectivity index (χ3n) is 5.83. The lowest BCUT2D eigenvalue weighted by Gasteiger charge is -2.38. The first-order chi connectivity index (χ1) is 12.7. The zero-order valence-corrected chi connectivity index (χ0v) is 15.6. The van der Waals surface area contributed by atoms with Crippen LogP contribution >= 0.6 is 0 Å². The van der Waals surface area contributed by atoms with E-state index < -0.39 is 0 Å². The Bertz CT molecular complexity index is 711. The lowest BCUT2D eigenvalue weighted by Crippen LogP contribution is -2.44. The lowest BCUT2D eigenvalue weighted by atomic mass is 9.87. The van der Waals surface area contributed by atoms with Crippen molar-refractivity contribution in [2.24, 2.45) is 0 Å². The van der Waals surface area contributed by atoms with Gasteiger partial charge in [0, 0.05) is 38.4 Å². The molecule has 4 heteroatoms. The second-order valence-electron chi connectivity index (χ2n) is 7.69. The average molecular weight is 352 g/mol. The molecule has 0 radical (unpaired) electrons. The van der Waals surface area contributed by atoms with Crippen LogP contribution in [-0.2, 0) is 22.6 Å². The van der Waals surface area contributed by atoms with Crippen molar-refractivity contribution in [2.45, 2.75) is 51.0 Å². The summed E-state index contributed by atoms with van der Waals surface area (Å²) in [6, 6.07) is 12.7. The molecule has 0 N–H and O–H groups in total. The predicted octanol–water partition coefficient (Wildman–Crippen LogP) is 3.73. The van der Waals surface area contributed by atoms with Crippen LogP contribution in [0.5, 0.6) is 0 Å². The molecule has 2 fully saturated rings. The van der Waals surface area contributed by atoms with Gasteiger partial charge in [-0.1, -0.05) is 24.3 Å². The van der Waals surface area contributed by atoms with Crippen molar-refractivity contribution in [2.75, 3.05) is 19.7 Å². The van der Waals surface area contributed by atoms with Crippen molar-refractivity contribution < 1.29 is 9.47 Å². The smallest absolute Gasteiger partial charge is 0.0840 e. The van der Waals surface area contributed by atoms with Crippen LogP contribution in [0.25, 0.3) is 0 Å². The number of benzene rings is 1. The highest BCUT2D eigenvalue weighted by atomic mass is 16.6. The van der Waals surface area contributed by atoms with E-state index in [0.717, 1.165) is 45.5 Å². The van der Waals surface area contributed by atoms with Gasteiger partial charge in [0.25, 0.3) is 0 Å². The molecule has 2 saturated heterocycles. The normalized spacial score (nSPS) is 22.7. The van der Waals surface area contributed by atoms with Crippen LogP contribution in [-0.4, -0.2) is 41.3 Å². The van der Waals surface area contributed by atoms with Crippen LogP contribution in [0.4, 0.5) is 0 Å². The van der Waals surface area contributed by atoms with E-state index in [1.54, 1.807) is 0 Å². The highest BCUT2D eigenvalue weighted by Gasteiger charge is 2.43. The minimum atomic E-state index is 0.0329. The number of aryl methyl sites for hydroxylation is 1. The Morgan fingerprint density at radius 1 is 1.15 bits per heavy atom. The molecular weight excluding hydrogens is 324 g/mol. The monoisotopic (exact) mass is 352 g/mol. The van der Waals surface area contributed by atoms with E-state index in [9.17, 15) is 0 Å². The van der Waals surface area contributed by atoms with E-state index in [-0.39, 0.29) is 11.7 Å². The van der Waals surface area contributed by atoms with E-state index in [0.29, 0.717) is 6.61 Å². The molecule has 26 heavy (non-hydrogen) atoms. The lowest BCUT2D eigenvalue weighted by molar-refractivity contribution is -0.0468. The molecule has 1 atom stereocenters. The first kappa shape index (κ1) is 17.7. The van der Waals surface area contributed by atoms with Crippen molar-refractivity contribution in [3.8, 4) is 0 Å². The first-order valence-corrected chi connectivity index (χ1v) is 9.64. The van der Waals surface area contributed by atoms with Gasteiger partial charge in [0.2, 0.25) is 0 Å². The summed E-state index contributed by atoms with van der Waals surface area (Å²) in [5.74, 6) is 0. The molecule has 3 heterocycles. The van der Waals surface area contributed by atoms with E-state index >= 15 is 0 Å². The maximum Gasteiger partial charge on any atom is 0.0840 e. The maximum absolute atomic E-state index is 6.24. The number of aromatic nitrogens is 1. The fourth-order valence-electron chi connectivity index (χ4n) is 4.10. The zero-order chi connectivity index (χ0) is 17.8. The van der Waals surface area contributed by atoms with Crippen LogP contribution in [0, 0.1) is 6.92 Å². The van der Waals surface area contributed by atoms with Gasteiger partial charge in [0.1, 0.15) is 0 Å². The highest BCUT2D eigenvalue weighted by molar-refractivity contribution is 5.25. The van der Waals surface area contributed by atoms with E-state index in [4.69, 9.17) is 9.47 Å². The van der Waals surface area contributed by atoms with Gasteiger partial charge in [-0.3, -0.25) is 9.88 Å². The minimum Gasteiger partial charge on any atom is -0.372 e. The Labute approximate surface area is 156 Å². The molecule has 2 aliphatic rings. The van der Waals surface area contributed by atoms with Crippen LogP contribution in [0.1, 0.15) is 36.0 Å². The number of ether oxygens (including phenoxy) is 2. The summed E-state index contributed by atoms with van der Waals surface area (Å²) in [5.41, 5.74) is 4.03. The summed E-state index contributed by atoms with van der Waals surface area (Å²) in [6.45, 7) is 6.82. The fraction of sp³-hybridized carbons (Fsp3) is 0.500. The summed E-state index contributed by atoms with van der Waals surface area (Å²) < 4.78 is 12.3. The van der Waals surface area contributed by atoms with Gasteiger partial charge < -0.3 is 9.47 Å². The van der Waals surface area contributed by atoms with Gasteiger partial charge in [-0.2, -0.15) is 0 Å². The third kappa shape index (κ3) is 4.14. The summed E-state index contributed by atoms with van der Waals surface area (Å²) in [4.78, 5) is 6.61. The number of piperidine rings is 1. The van der Waals surface area contributed by atoms with Crippen LogP contribution in [0.3, 0.4) is 0 Å². The molecule has 0 bridgehead atoms. The molecule has 2 aromatic rings. The minimum absolute atomic E-state index is 0.0329. The Kier molecular flexibility index (Phi) is 5.34. The average Bonchev–Trinajstić information content (AvgIpc) is 3.08. The molecule has 0 aliphatic carbocycles. The van der Waals surface area contributed by atoms with Gasteiger partial charge in [0.15, 0.2) is 0 Å². The number of pyridine rings is 1. The largest absolute Gasteiger partial charge is 0.372 e. The second-order valence-corrected chi connectivity index (χ2v) is 7.69. The fourth-order valence-corrected chi connectivity index (χ4v) is 4.10. The second kappa shape index (κ2) is 7.87. The molecule has 1 aromatic heterocycles. The van der Waals surface area contributed by atoms with Crippen molar-refractivity contribution in [3.05, 3.63) is 65.5 Å². The molecule has 4 rings (SSSR count).